The predicted molar refractivity (Wildman–Crippen MR) is 111 cm³/mol. The molecule has 1 atom stereocenters. The van der Waals surface area contributed by atoms with Crippen molar-refractivity contribution in [3.8, 4) is 11.3 Å². The molecule has 1 aliphatic heterocycles. The van der Waals surface area contributed by atoms with E-state index in [4.69, 9.17) is 10.7 Å². The molecule has 6 nitrogen and oxygen atoms in total. The summed E-state index contributed by atoms with van der Waals surface area (Å²) in [6, 6.07) is 7.91. The number of pyridine rings is 2. The third-order valence-electron chi connectivity index (χ3n) is 5.86. The standard InChI is InChI=1S/C22H29N5O/c23-22(28)17-12-20(27-21(13-17)26-18-7-8-24-14-18)16-6-9-25-19(11-16)10-15-4-2-1-3-5-15/h6,9,11-13,15,18,24H,1-5,7-8,10,14H2,(H2,23,28)(H,26,27)/t18-/m0/s1. The molecule has 148 valence electrons. The van der Waals surface area contributed by atoms with Crippen LogP contribution in [-0.4, -0.2) is 35.0 Å². The number of hydrogen-bond donors (Lipinski definition) is 3. The fourth-order valence-electron chi connectivity index (χ4n) is 4.32. The van der Waals surface area contributed by atoms with Crippen LogP contribution in [0.2, 0.25) is 0 Å². The normalized spacial score (nSPS) is 20.2. The van der Waals surface area contributed by atoms with E-state index < -0.39 is 5.91 Å². The summed E-state index contributed by atoms with van der Waals surface area (Å²) in [5.74, 6) is 0.992. The van der Waals surface area contributed by atoms with Gasteiger partial charge in [-0.1, -0.05) is 32.1 Å². The molecule has 2 fully saturated rings. The summed E-state index contributed by atoms with van der Waals surface area (Å²) in [5.41, 5.74) is 8.89. The fraction of sp³-hybridized carbons (Fsp3) is 0.500. The van der Waals surface area contributed by atoms with E-state index in [1.807, 2.05) is 12.3 Å². The first-order valence-corrected chi connectivity index (χ1v) is 10.4. The van der Waals surface area contributed by atoms with Gasteiger partial charge in [-0.15, -0.1) is 0 Å². The highest BCUT2D eigenvalue weighted by Crippen LogP contribution is 2.28. The van der Waals surface area contributed by atoms with Crippen LogP contribution in [0.15, 0.2) is 30.5 Å². The quantitative estimate of drug-likeness (QED) is 0.717. The smallest absolute Gasteiger partial charge is 0.248 e. The zero-order valence-electron chi connectivity index (χ0n) is 16.3. The van der Waals surface area contributed by atoms with Crippen molar-refractivity contribution < 1.29 is 4.79 Å². The van der Waals surface area contributed by atoms with Crippen molar-refractivity contribution in [2.24, 2.45) is 11.7 Å². The van der Waals surface area contributed by atoms with E-state index >= 15 is 0 Å². The van der Waals surface area contributed by atoms with Gasteiger partial charge in [0.1, 0.15) is 5.82 Å². The number of carbonyl (C=O) groups is 1. The maximum Gasteiger partial charge on any atom is 0.248 e. The Morgan fingerprint density at radius 1 is 1.18 bits per heavy atom. The fourth-order valence-corrected chi connectivity index (χ4v) is 4.32. The van der Waals surface area contributed by atoms with Crippen molar-refractivity contribution in [2.45, 2.75) is 51.0 Å². The van der Waals surface area contributed by atoms with Gasteiger partial charge in [0.2, 0.25) is 5.91 Å². The third kappa shape index (κ3) is 4.68. The van der Waals surface area contributed by atoms with Crippen molar-refractivity contribution in [3.05, 3.63) is 41.7 Å². The van der Waals surface area contributed by atoms with Crippen LogP contribution in [0.1, 0.15) is 54.6 Å². The average Bonchev–Trinajstić information content (AvgIpc) is 3.22. The number of nitrogens with two attached hydrogens (primary N) is 1. The highest BCUT2D eigenvalue weighted by atomic mass is 16.1. The van der Waals surface area contributed by atoms with Crippen LogP contribution in [0.3, 0.4) is 0 Å². The summed E-state index contributed by atoms with van der Waals surface area (Å²) in [4.78, 5) is 21.2. The Balaban J connectivity index is 1.58. The van der Waals surface area contributed by atoms with Gasteiger partial charge >= 0.3 is 0 Å². The van der Waals surface area contributed by atoms with E-state index in [0.29, 0.717) is 17.4 Å². The minimum atomic E-state index is -0.437. The number of hydrogen-bond acceptors (Lipinski definition) is 5. The number of nitrogens with one attached hydrogen (secondary N) is 2. The van der Waals surface area contributed by atoms with Crippen molar-refractivity contribution in [3.63, 3.8) is 0 Å². The molecular formula is C22H29N5O. The Hall–Kier alpha value is -2.47. The molecule has 2 aromatic rings. The van der Waals surface area contributed by atoms with Crippen molar-refractivity contribution >= 4 is 11.7 Å². The van der Waals surface area contributed by atoms with Gasteiger partial charge in [0, 0.05) is 35.6 Å². The first-order valence-electron chi connectivity index (χ1n) is 10.4. The topological polar surface area (TPSA) is 92.9 Å². The molecule has 4 rings (SSSR count). The number of rotatable bonds is 6. The maximum atomic E-state index is 11.8. The van der Waals surface area contributed by atoms with E-state index in [2.05, 4.69) is 21.7 Å². The number of primary amides is 1. The summed E-state index contributed by atoms with van der Waals surface area (Å²) in [6.45, 7) is 1.90. The second-order valence-corrected chi connectivity index (χ2v) is 8.07. The van der Waals surface area contributed by atoms with E-state index in [0.717, 1.165) is 48.8 Å². The molecule has 0 radical (unpaired) electrons. The number of anilines is 1. The predicted octanol–water partition coefficient (Wildman–Crippen LogP) is 3.14. The second-order valence-electron chi connectivity index (χ2n) is 8.07. The SMILES string of the molecule is NC(=O)c1cc(N[C@H]2CCNC2)nc(-c2ccnc(CC3CCCCC3)c2)c1. The van der Waals surface area contributed by atoms with Crippen LogP contribution in [-0.2, 0) is 6.42 Å². The minimum Gasteiger partial charge on any atom is -0.366 e. The molecule has 0 aromatic carbocycles. The van der Waals surface area contributed by atoms with Crippen molar-refractivity contribution in [1.82, 2.24) is 15.3 Å². The Labute approximate surface area is 166 Å². The molecular weight excluding hydrogens is 350 g/mol. The molecule has 28 heavy (non-hydrogen) atoms. The largest absolute Gasteiger partial charge is 0.366 e. The van der Waals surface area contributed by atoms with Crippen LogP contribution in [0.4, 0.5) is 5.82 Å². The van der Waals surface area contributed by atoms with E-state index in [-0.39, 0.29) is 0 Å². The van der Waals surface area contributed by atoms with Crippen LogP contribution in [0.25, 0.3) is 11.3 Å². The lowest BCUT2D eigenvalue weighted by Gasteiger charge is -2.21. The monoisotopic (exact) mass is 379 g/mol. The van der Waals surface area contributed by atoms with Gasteiger partial charge in [0.25, 0.3) is 0 Å². The zero-order chi connectivity index (χ0) is 19.3. The highest BCUT2D eigenvalue weighted by molar-refractivity contribution is 5.94. The number of aromatic nitrogens is 2. The Morgan fingerprint density at radius 3 is 2.79 bits per heavy atom. The zero-order valence-corrected chi connectivity index (χ0v) is 16.3. The van der Waals surface area contributed by atoms with Crippen molar-refractivity contribution in [2.75, 3.05) is 18.4 Å². The summed E-state index contributed by atoms with van der Waals surface area (Å²) in [5, 5.41) is 6.76. The second kappa shape index (κ2) is 8.69. The lowest BCUT2D eigenvalue weighted by Crippen LogP contribution is -2.23. The molecule has 4 N–H and O–H groups in total. The Kier molecular flexibility index (Phi) is 5.86. The molecule has 2 aliphatic rings. The summed E-state index contributed by atoms with van der Waals surface area (Å²) < 4.78 is 0. The molecule has 0 spiro atoms. The number of nitrogens with zero attached hydrogens (tertiary/aromatic N) is 2. The molecule has 1 saturated carbocycles. The Bertz CT molecular complexity index is 825. The molecule has 0 bridgehead atoms. The first kappa shape index (κ1) is 18.9. The summed E-state index contributed by atoms with van der Waals surface area (Å²) in [7, 11) is 0. The van der Waals surface area contributed by atoms with E-state index in [1.165, 1.54) is 32.1 Å². The van der Waals surface area contributed by atoms with Crippen LogP contribution in [0, 0.1) is 5.92 Å². The molecule has 1 amide bonds. The van der Waals surface area contributed by atoms with Gasteiger partial charge in [-0.25, -0.2) is 4.98 Å². The molecule has 3 heterocycles. The van der Waals surface area contributed by atoms with Gasteiger partial charge in [-0.2, -0.15) is 0 Å². The lowest BCUT2D eigenvalue weighted by molar-refractivity contribution is 0.1000. The first-order chi connectivity index (χ1) is 13.7. The van der Waals surface area contributed by atoms with Crippen LogP contribution in [0.5, 0.6) is 0 Å². The summed E-state index contributed by atoms with van der Waals surface area (Å²) in [6.07, 6.45) is 10.5. The molecule has 2 aromatic heterocycles. The average molecular weight is 380 g/mol. The Morgan fingerprint density at radius 2 is 2.04 bits per heavy atom. The van der Waals surface area contributed by atoms with Gasteiger partial charge < -0.3 is 16.4 Å². The van der Waals surface area contributed by atoms with Gasteiger partial charge in [-0.3, -0.25) is 9.78 Å². The highest BCUT2D eigenvalue weighted by Gasteiger charge is 2.18. The van der Waals surface area contributed by atoms with Gasteiger partial charge in [0.15, 0.2) is 0 Å². The van der Waals surface area contributed by atoms with E-state index in [1.54, 1.807) is 12.1 Å². The van der Waals surface area contributed by atoms with Gasteiger partial charge in [-0.05, 0) is 49.6 Å². The molecule has 1 saturated heterocycles. The van der Waals surface area contributed by atoms with Gasteiger partial charge in [0.05, 0.1) is 5.69 Å². The number of carbonyl (C=O) groups excluding carboxylic acids is 1. The lowest BCUT2D eigenvalue weighted by atomic mass is 9.86. The number of amides is 1. The summed E-state index contributed by atoms with van der Waals surface area (Å²) >= 11 is 0. The van der Waals surface area contributed by atoms with Crippen LogP contribution < -0.4 is 16.4 Å². The maximum absolute atomic E-state index is 11.8. The molecule has 6 heteroatoms. The van der Waals surface area contributed by atoms with E-state index in [9.17, 15) is 4.79 Å². The molecule has 1 aliphatic carbocycles. The molecule has 0 unspecified atom stereocenters. The third-order valence-corrected chi connectivity index (χ3v) is 5.86. The van der Waals surface area contributed by atoms with Crippen molar-refractivity contribution in [1.29, 1.82) is 0 Å². The minimum absolute atomic E-state index is 0.322. The van der Waals surface area contributed by atoms with Crippen LogP contribution >= 0.6 is 0 Å².